The molecule has 0 saturated carbocycles. The number of carboxylic acid groups (broad SMARTS) is 2. The van der Waals surface area contributed by atoms with Crippen molar-refractivity contribution in [2.24, 2.45) is 5.73 Å². The number of carboxylic acids is 2. The number of amides is 3. The molecule has 4 unspecified atom stereocenters. The highest BCUT2D eigenvalue weighted by atomic mass is 16.4. The van der Waals surface area contributed by atoms with Crippen LogP contribution in [0.1, 0.15) is 30.9 Å². The van der Waals surface area contributed by atoms with E-state index < -0.39 is 60.2 Å². The van der Waals surface area contributed by atoms with Gasteiger partial charge in [0.1, 0.15) is 18.1 Å². The van der Waals surface area contributed by atoms with Crippen LogP contribution in [0, 0.1) is 0 Å². The van der Waals surface area contributed by atoms with Crippen molar-refractivity contribution in [2.75, 3.05) is 0 Å². The number of carbonyl (C=O) groups is 5. The van der Waals surface area contributed by atoms with E-state index >= 15 is 0 Å². The van der Waals surface area contributed by atoms with E-state index in [1.807, 2.05) is 24.3 Å². The molecule has 0 bridgehead atoms. The normalized spacial score (nSPS) is 13.9. The highest BCUT2D eigenvalue weighted by molar-refractivity contribution is 5.94. The van der Waals surface area contributed by atoms with Gasteiger partial charge in [0.2, 0.25) is 17.7 Å². The van der Waals surface area contributed by atoms with Crippen molar-refractivity contribution < 1.29 is 34.2 Å². The van der Waals surface area contributed by atoms with Crippen molar-refractivity contribution in [3.63, 3.8) is 0 Å². The Labute approximate surface area is 230 Å². The van der Waals surface area contributed by atoms with Gasteiger partial charge >= 0.3 is 11.9 Å². The molecule has 1 heterocycles. The average Bonchev–Trinajstić information content (AvgIpc) is 3.33. The lowest BCUT2D eigenvalue weighted by molar-refractivity contribution is -0.142. The molecule has 0 aliphatic carbocycles. The first-order chi connectivity index (χ1) is 19.0. The lowest BCUT2D eigenvalue weighted by Crippen LogP contribution is -2.57. The fourth-order valence-electron chi connectivity index (χ4n) is 4.15. The number of nitrogens with one attached hydrogen (secondary N) is 4. The summed E-state index contributed by atoms with van der Waals surface area (Å²) in [5.41, 5.74) is 8.66. The second kappa shape index (κ2) is 13.9. The summed E-state index contributed by atoms with van der Waals surface area (Å²) < 4.78 is 0. The SMILES string of the molecule is CC(NC(=O)C(CCC(=O)O)NC(=O)C(Cc1ccccc1)NC(=O)C(N)Cc1c[nH]c2ccccc12)C(=O)O. The number of fused-ring (bicyclic) bond motifs is 1. The van der Waals surface area contributed by atoms with E-state index in [-0.39, 0.29) is 19.3 Å². The van der Waals surface area contributed by atoms with Crippen molar-refractivity contribution in [3.05, 3.63) is 71.9 Å². The van der Waals surface area contributed by atoms with Crippen LogP contribution in [0.2, 0.25) is 0 Å². The van der Waals surface area contributed by atoms with Gasteiger partial charge in [-0.3, -0.25) is 24.0 Å². The molecular weight excluding hydrogens is 518 g/mol. The van der Waals surface area contributed by atoms with Gasteiger partial charge in [0.25, 0.3) is 0 Å². The van der Waals surface area contributed by atoms with Gasteiger partial charge in [-0.2, -0.15) is 0 Å². The van der Waals surface area contributed by atoms with E-state index in [4.69, 9.17) is 15.9 Å². The summed E-state index contributed by atoms with van der Waals surface area (Å²) in [6.45, 7) is 1.24. The minimum atomic E-state index is -1.35. The van der Waals surface area contributed by atoms with Crippen LogP contribution in [-0.2, 0) is 36.8 Å². The zero-order chi connectivity index (χ0) is 29.2. The number of hydrogen-bond acceptors (Lipinski definition) is 6. The van der Waals surface area contributed by atoms with E-state index in [2.05, 4.69) is 20.9 Å². The second-order valence-electron chi connectivity index (χ2n) is 9.48. The Morgan fingerprint density at radius 3 is 2.12 bits per heavy atom. The fraction of sp³-hybridized carbons (Fsp3) is 0.321. The first kappa shape index (κ1) is 29.8. The molecule has 8 N–H and O–H groups in total. The van der Waals surface area contributed by atoms with Crippen molar-refractivity contribution in [3.8, 4) is 0 Å². The molecule has 0 spiro atoms. The molecule has 3 aromatic rings. The molecule has 212 valence electrons. The summed E-state index contributed by atoms with van der Waals surface area (Å²) in [7, 11) is 0. The Bertz CT molecular complexity index is 1360. The predicted molar refractivity (Wildman–Crippen MR) is 146 cm³/mol. The maximum absolute atomic E-state index is 13.4. The van der Waals surface area contributed by atoms with Gasteiger partial charge in [-0.05, 0) is 37.0 Å². The topological polar surface area (TPSA) is 204 Å². The van der Waals surface area contributed by atoms with E-state index in [1.165, 1.54) is 6.92 Å². The predicted octanol–water partition coefficient (Wildman–Crippen LogP) is 0.704. The summed E-state index contributed by atoms with van der Waals surface area (Å²) in [5, 5.41) is 26.5. The highest BCUT2D eigenvalue weighted by Gasteiger charge is 2.30. The van der Waals surface area contributed by atoms with Crippen LogP contribution in [0.4, 0.5) is 0 Å². The molecule has 0 aliphatic heterocycles. The van der Waals surface area contributed by atoms with Crippen LogP contribution in [0.3, 0.4) is 0 Å². The van der Waals surface area contributed by atoms with Crippen molar-refractivity contribution in [1.82, 2.24) is 20.9 Å². The van der Waals surface area contributed by atoms with Gasteiger partial charge in [-0.15, -0.1) is 0 Å². The molecule has 0 radical (unpaired) electrons. The average molecular weight is 552 g/mol. The van der Waals surface area contributed by atoms with Gasteiger partial charge in [0.05, 0.1) is 6.04 Å². The van der Waals surface area contributed by atoms with Crippen LogP contribution in [0.15, 0.2) is 60.8 Å². The van der Waals surface area contributed by atoms with Crippen LogP contribution in [0.5, 0.6) is 0 Å². The molecule has 0 aliphatic rings. The molecule has 3 rings (SSSR count). The number of aliphatic carboxylic acids is 2. The smallest absolute Gasteiger partial charge is 0.325 e. The molecule has 12 heteroatoms. The molecule has 12 nitrogen and oxygen atoms in total. The third kappa shape index (κ3) is 8.40. The number of hydrogen-bond donors (Lipinski definition) is 7. The van der Waals surface area contributed by atoms with E-state index in [0.29, 0.717) is 0 Å². The largest absolute Gasteiger partial charge is 0.481 e. The summed E-state index contributed by atoms with van der Waals surface area (Å²) in [5.74, 6) is -4.69. The van der Waals surface area contributed by atoms with Crippen LogP contribution in [0.25, 0.3) is 10.9 Å². The zero-order valence-corrected chi connectivity index (χ0v) is 21.9. The number of nitrogens with two attached hydrogens (primary N) is 1. The number of carbonyl (C=O) groups excluding carboxylic acids is 3. The monoisotopic (exact) mass is 551 g/mol. The Morgan fingerprint density at radius 1 is 0.825 bits per heavy atom. The van der Waals surface area contributed by atoms with Gasteiger partial charge in [-0.25, -0.2) is 0 Å². The minimum absolute atomic E-state index is 0.0665. The second-order valence-corrected chi connectivity index (χ2v) is 9.48. The first-order valence-corrected chi connectivity index (χ1v) is 12.8. The summed E-state index contributed by atoms with van der Waals surface area (Å²) in [4.78, 5) is 64.6. The maximum atomic E-state index is 13.4. The number of rotatable bonds is 14. The summed E-state index contributed by atoms with van der Waals surface area (Å²) in [6, 6.07) is 11.7. The Balaban J connectivity index is 1.76. The van der Waals surface area contributed by atoms with E-state index in [0.717, 1.165) is 22.0 Å². The third-order valence-corrected chi connectivity index (χ3v) is 6.38. The molecule has 40 heavy (non-hydrogen) atoms. The molecule has 0 fully saturated rings. The lowest BCUT2D eigenvalue weighted by Gasteiger charge is -2.24. The Hall–Kier alpha value is -4.71. The fourth-order valence-corrected chi connectivity index (χ4v) is 4.15. The number of para-hydroxylation sites is 1. The minimum Gasteiger partial charge on any atom is -0.481 e. The van der Waals surface area contributed by atoms with E-state index in [1.54, 1.807) is 36.5 Å². The zero-order valence-electron chi connectivity index (χ0n) is 21.9. The standard InChI is InChI=1S/C28H33N5O7/c1-16(28(39)40)31-26(37)22(11-12-24(34)35)32-27(38)23(13-17-7-3-2-4-8-17)33-25(36)20(29)14-18-15-30-21-10-6-5-9-19(18)21/h2-10,15-16,20,22-23,30H,11-14,29H2,1H3,(H,31,37)(H,32,38)(H,33,36)(H,34,35)(H,39,40). The van der Waals surface area contributed by atoms with Gasteiger partial charge in [0, 0.05) is 29.9 Å². The van der Waals surface area contributed by atoms with Crippen LogP contribution in [-0.4, -0.2) is 69.0 Å². The highest BCUT2D eigenvalue weighted by Crippen LogP contribution is 2.19. The van der Waals surface area contributed by atoms with Crippen molar-refractivity contribution in [1.29, 1.82) is 0 Å². The number of benzene rings is 2. The molecule has 3 amide bonds. The van der Waals surface area contributed by atoms with Gasteiger partial charge in [-0.1, -0.05) is 48.5 Å². The summed E-state index contributed by atoms with van der Waals surface area (Å²) in [6.07, 6.45) is 1.30. The number of aromatic nitrogens is 1. The summed E-state index contributed by atoms with van der Waals surface area (Å²) >= 11 is 0. The maximum Gasteiger partial charge on any atom is 0.325 e. The lowest BCUT2D eigenvalue weighted by atomic mass is 10.0. The van der Waals surface area contributed by atoms with Crippen molar-refractivity contribution >= 4 is 40.6 Å². The van der Waals surface area contributed by atoms with Gasteiger partial charge < -0.3 is 36.9 Å². The molecule has 2 aromatic carbocycles. The number of H-pyrrole nitrogens is 1. The van der Waals surface area contributed by atoms with E-state index in [9.17, 15) is 24.0 Å². The molecule has 1 aromatic heterocycles. The van der Waals surface area contributed by atoms with Crippen molar-refractivity contribution in [2.45, 2.75) is 56.8 Å². The Morgan fingerprint density at radius 2 is 1.45 bits per heavy atom. The molecule has 4 atom stereocenters. The quantitative estimate of drug-likeness (QED) is 0.152. The molecule has 0 saturated heterocycles. The molecular formula is C28H33N5O7. The first-order valence-electron chi connectivity index (χ1n) is 12.8. The van der Waals surface area contributed by atoms with Crippen LogP contribution < -0.4 is 21.7 Å². The van der Waals surface area contributed by atoms with Gasteiger partial charge in [0.15, 0.2) is 0 Å². The number of aromatic amines is 1. The Kier molecular flexibility index (Phi) is 10.4. The van der Waals surface area contributed by atoms with Crippen LogP contribution >= 0.6 is 0 Å². The third-order valence-electron chi connectivity index (χ3n) is 6.38.